The van der Waals surface area contributed by atoms with E-state index in [-0.39, 0.29) is 18.1 Å². The van der Waals surface area contributed by atoms with Gasteiger partial charge in [0.1, 0.15) is 18.1 Å². The molecule has 0 fully saturated rings. The molecule has 1 amide bonds. The number of non-ortho nitro benzene ring substituents is 1. The lowest BCUT2D eigenvalue weighted by molar-refractivity contribution is -0.384. The van der Waals surface area contributed by atoms with E-state index in [1.807, 2.05) is 31.2 Å². The van der Waals surface area contributed by atoms with Crippen LogP contribution >= 0.6 is 0 Å². The Morgan fingerprint density at radius 1 is 1.12 bits per heavy atom. The Balaban J connectivity index is 1.32. The predicted molar refractivity (Wildman–Crippen MR) is 117 cm³/mol. The summed E-state index contributed by atoms with van der Waals surface area (Å²) in [4.78, 5) is 22.7. The zero-order valence-corrected chi connectivity index (χ0v) is 17.2. The highest BCUT2D eigenvalue weighted by Gasteiger charge is 2.14. The Morgan fingerprint density at radius 2 is 1.91 bits per heavy atom. The molecule has 0 bridgehead atoms. The molecule has 1 N–H and O–H groups in total. The molecule has 0 aliphatic rings. The van der Waals surface area contributed by atoms with Crippen molar-refractivity contribution in [1.29, 1.82) is 0 Å². The van der Waals surface area contributed by atoms with Crippen molar-refractivity contribution < 1.29 is 18.9 Å². The molecule has 0 saturated carbocycles. The molecular formula is C23H20N4O5. The van der Waals surface area contributed by atoms with Gasteiger partial charge in [-0.2, -0.15) is 5.10 Å². The highest BCUT2D eigenvalue weighted by atomic mass is 16.6. The van der Waals surface area contributed by atoms with Crippen molar-refractivity contribution in [3.05, 3.63) is 106 Å². The van der Waals surface area contributed by atoms with Gasteiger partial charge in [0.15, 0.2) is 11.6 Å². The van der Waals surface area contributed by atoms with Crippen LogP contribution in [0.25, 0.3) is 0 Å². The molecule has 4 aromatic rings. The van der Waals surface area contributed by atoms with Gasteiger partial charge in [0.25, 0.3) is 11.6 Å². The average Bonchev–Trinajstić information content (AvgIpc) is 3.44. The van der Waals surface area contributed by atoms with Crippen LogP contribution in [-0.2, 0) is 13.2 Å². The topological polar surface area (TPSA) is 112 Å². The number of ether oxygens (including phenoxy) is 1. The first-order valence-electron chi connectivity index (χ1n) is 9.83. The molecule has 0 aliphatic heterocycles. The summed E-state index contributed by atoms with van der Waals surface area (Å²) in [6.07, 6.45) is 1.80. The van der Waals surface area contributed by atoms with E-state index in [9.17, 15) is 14.9 Å². The molecule has 9 nitrogen and oxygen atoms in total. The summed E-state index contributed by atoms with van der Waals surface area (Å²) in [5, 5.41) is 17.8. The van der Waals surface area contributed by atoms with Gasteiger partial charge in [-0.05, 0) is 42.3 Å². The third kappa shape index (κ3) is 5.01. The number of hydrogen-bond acceptors (Lipinski definition) is 6. The van der Waals surface area contributed by atoms with E-state index in [1.165, 1.54) is 29.8 Å². The van der Waals surface area contributed by atoms with Crippen molar-refractivity contribution in [2.45, 2.75) is 20.1 Å². The van der Waals surface area contributed by atoms with E-state index < -0.39 is 10.8 Å². The highest BCUT2D eigenvalue weighted by molar-refractivity contribution is 6.01. The fraction of sp³-hybridized carbons (Fsp3) is 0.130. The Kier molecular flexibility index (Phi) is 5.98. The fourth-order valence-electron chi connectivity index (χ4n) is 3.05. The number of amides is 1. The van der Waals surface area contributed by atoms with E-state index in [0.717, 1.165) is 5.56 Å². The Labute approximate surface area is 183 Å². The Hall–Kier alpha value is -4.40. The molecule has 4 rings (SSSR count). The Bertz CT molecular complexity index is 1240. The second kappa shape index (κ2) is 9.17. The quantitative estimate of drug-likeness (QED) is 0.322. The van der Waals surface area contributed by atoms with Gasteiger partial charge in [0, 0.05) is 24.4 Å². The number of nitro groups is 1. The molecule has 0 unspecified atom stereocenters. The second-order valence-electron chi connectivity index (χ2n) is 7.08. The van der Waals surface area contributed by atoms with Crippen LogP contribution in [0.1, 0.15) is 27.4 Å². The number of carbonyl (C=O) groups is 1. The molecule has 2 aromatic heterocycles. The number of nitrogens with zero attached hydrogens (tertiary/aromatic N) is 3. The number of benzene rings is 2. The standard InChI is InChI=1S/C23H20N4O5/c1-16-4-2-3-5-17(16)14-26-13-12-22(25-26)24-23(28)21-11-10-20(32-21)15-31-19-8-6-18(7-9-19)27(29)30/h2-13H,14-15H2,1H3,(H,24,25,28). The second-order valence-corrected chi connectivity index (χ2v) is 7.08. The van der Waals surface area contributed by atoms with Gasteiger partial charge in [-0.3, -0.25) is 19.6 Å². The molecule has 9 heteroatoms. The lowest BCUT2D eigenvalue weighted by Crippen LogP contribution is -2.12. The van der Waals surface area contributed by atoms with E-state index in [2.05, 4.69) is 10.4 Å². The van der Waals surface area contributed by atoms with Crippen molar-refractivity contribution in [2.24, 2.45) is 0 Å². The minimum absolute atomic E-state index is 0.0179. The molecule has 2 aromatic carbocycles. The summed E-state index contributed by atoms with van der Waals surface area (Å²) in [5.74, 6) is 1.02. The highest BCUT2D eigenvalue weighted by Crippen LogP contribution is 2.19. The third-order valence-electron chi connectivity index (χ3n) is 4.79. The van der Waals surface area contributed by atoms with Gasteiger partial charge in [-0.15, -0.1) is 0 Å². The molecule has 0 aliphatic carbocycles. The number of aryl methyl sites for hydroxylation is 1. The van der Waals surface area contributed by atoms with Crippen molar-refractivity contribution in [3.63, 3.8) is 0 Å². The van der Waals surface area contributed by atoms with Crippen LogP contribution in [0.3, 0.4) is 0 Å². The lowest BCUT2D eigenvalue weighted by atomic mass is 10.1. The number of rotatable bonds is 8. The molecule has 0 spiro atoms. The zero-order chi connectivity index (χ0) is 22.5. The van der Waals surface area contributed by atoms with Gasteiger partial charge in [0.05, 0.1) is 11.5 Å². The molecule has 162 valence electrons. The summed E-state index contributed by atoms with van der Waals surface area (Å²) < 4.78 is 12.8. The molecular weight excluding hydrogens is 412 g/mol. The fourth-order valence-corrected chi connectivity index (χ4v) is 3.05. The summed E-state index contributed by atoms with van der Waals surface area (Å²) in [6, 6.07) is 18.7. The van der Waals surface area contributed by atoms with E-state index in [1.54, 1.807) is 29.1 Å². The van der Waals surface area contributed by atoms with Gasteiger partial charge in [0.2, 0.25) is 0 Å². The minimum atomic E-state index is -0.479. The van der Waals surface area contributed by atoms with Crippen LogP contribution in [0.2, 0.25) is 0 Å². The largest absolute Gasteiger partial charge is 0.486 e. The SMILES string of the molecule is Cc1ccccc1Cn1ccc(NC(=O)c2ccc(COc3ccc([N+](=O)[O-])cc3)o2)n1. The van der Waals surface area contributed by atoms with Gasteiger partial charge < -0.3 is 14.5 Å². The van der Waals surface area contributed by atoms with Gasteiger partial charge in [-0.25, -0.2) is 0 Å². The number of nitrogens with one attached hydrogen (secondary N) is 1. The zero-order valence-electron chi connectivity index (χ0n) is 17.2. The number of aromatic nitrogens is 2. The van der Waals surface area contributed by atoms with E-state index >= 15 is 0 Å². The van der Waals surface area contributed by atoms with Crippen LogP contribution in [0.4, 0.5) is 11.5 Å². The maximum absolute atomic E-state index is 12.5. The number of carbonyl (C=O) groups excluding carboxylic acids is 1. The van der Waals surface area contributed by atoms with Crippen molar-refractivity contribution in [1.82, 2.24) is 9.78 Å². The van der Waals surface area contributed by atoms with Gasteiger partial charge in [-0.1, -0.05) is 24.3 Å². The molecule has 0 atom stereocenters. The lowest BCUT2D eigenvalue weighted by Gasteiger charge is -2.05. The summed E-state index contributed by atoms with van der Waals surface area (Å²) in [7, 11) is 0. The third-order valence-corrected chi connectivity index (χ3v) is 4.79. The molecule has 0 saturated heterocycles. The molecule has 32 heavy (non-hydrogen) atoms. The number of anilines is 1. The predicted octanol–water partition coefficient (Wildman–Crippen LogP) is 4.57. The first-order chi connectivity index (χ1) is 15.5. The normalized spacial score (nSPS) is 10.7. The van der Waals surface area contributed by atoms with E-state index in [0.29, 0.717) is 23.9 Å². The van der Waals surface area contributed by atoms with Crippen molar-refractivity contribution in [3.8, 4) is 5.75 Å². The number of furan rings is 1. The minimum Gasteiger partial charge on any atom is -0.486 e. The van der Waals surface area contributed by atoms with Crippen LogP contribution in [0.15, 0.2) is 77.3 Å². The van der Waals surface area contributed by atoms with Crippen LogP contribution in [-0.4, -0.2) is 20.6 Å². The monoisotopic (exact) mass is 432 g/mol. The first kappa shape index (κ1) is 20.9. The number of hydrogen-bond donors (Lipinski definition) is 1. The maximum atomic E-state index is 12.5. The van der Waals surface area contributed by atoms with Crippen LogP contribution in [0, 0.1) is 17.0 Å². The Morgan fingerprint density at radius 3 is 2.66 bits per heavy atom. The smallest absolute Gasteiger partial charge is 0.292 e. The van der Waals surface area contributed by atoms with Crippen LogP contribution in [0.5, 0.6) is 5.75 Å². The molecule has 2 heterocycles. The summed E-state index contributed by atoms with van der Waals surface area (Å²) >= 11 is 0. The van der Waals surface area contributed by atoms with Gasteiger partial charge >= 0.3 is 0 Å². The molecule has 0 radical (unpaired) electrons. The summed E-state index contributed by atoms with van der Waals surface area (Å²) in [6.45, 7) is 2.73. The van der Waals surface area contributed by atoms with Crippen molar-refractivity contribution in [2.75, 3.05) is 5.32 Å². The summed E-state index contributed by atoms with van der Waals surface area (Å²) in [5.41, 5.74) is 2.31. The van der Waals surface area contributed by atoms with E-state index in [4.69, 9.17) is 9.15 Å². The maximum Gasteiger partial charge on any atom is 0.292 e. The van der Waals surface area contributed by atoms with Crippen LogP contribution < -0.4 is 10.1 Å². The average molecular weight is 432 g/mol. The number of nitro benzene ring substituents is 1. The van der Waals surface area contributed by atoms with Crippen molar-refractivity contribution >= 4 is 17.4 Å². The first-order valence-corrected chi connectivity index (χ1v) is 9.83.